The standard InChI is InChI=1S/C14H18ClNO2/c15-11-9-13-12(8-10(11)4-3-7-16)17-14(18-13)5-1-2-6-14/h8-9H,1-7,16H2. The van der Waals surface area contributed by atoms with E-state index in [1.165, 1.54) is 12.8 Å². The lowest BCUT2D eigenvalue weighted by Gasteiger charge is -2.21. The van der Waals surface area contributed by atoms with E-state index < -0.39 is 5.79 Å². The summed E-state index contributed by atoms with van der Waals surface area (Å²) in [4.78, 5) is 0. The van der Waals surface area contributed by atoms with Crippen molar-refractivity contribution in [2.75, 3.05) is 6.54 Å². The second kappa shape index (κ2) is 4.63. The van der Waals surface area contributed by atoms with E-state index in [9.17, 15) is 0 Å². The second-order valence-corrected chi connectivity index (χ2v) is 5.51. The lowest BCUT2D eigenvalue weighted by Crippen LogP contribution is -2.34. The molecule has 18 heavy (non-hydrogen) atoms. The molecule has 1 aliphatic carbocycles. The van der Waals surface area contributed by atoms with Gasteiger partial charge in [-0.3, -0.25) is 0 Å². The van der Waals surface area contributed by atoms with Crippen LogP contribution in [-0.4, -0.2) is 12.3 Å². The maximum atomic E-state index is 6.26. The van der Waals surface area contributed by atoms with Crippen molar-refractivity contribution in [2.45, 2.75) is 44.3 Å². The number of fused-ring (bicyclic) bond motifs is 1. The largest absolute Gasteiger partial charge is 0.448 e. The van der Waals surface area contributed by atoms with E-state index in [2.05, 4.69) is 0 Å². The van der Waals surface area contributed by atoms with Crippen molar-refractivity contribution >= 4 is 11.6 Å². The van der Waals surface area contributed by atoms with Crippen LogP contribution >= 0.6 is 11.6 Å². The summed E-state index contributed by atoms with van der Waals surface area (Å²) in [5.41, 5.74) is 6.63. The van der Waals surface area contributed by atoms with E-state index in [0.29, 0.717) is 6.54 Å². The zero-order valence-electron chi connectivity index (χ0n) is 10.4. The van der Waals surface area contributed by atoms with Gasteiger partial charge in [-0.25, -0.2) is 0 Å². The van der Waals surface area contributed by atoms with E-state index in [1.54, 1.807) is 0 Å². The van der Waals surface area contributed by atoms with Crippen LogP contribution in [-0.2, 0) is 6.42 Å². The minimum absolute atomic E-state index is 0.405. The van der Waals surface area contributed by atoms with E-state index in [-0.39, 0.29) is 0 Å². The summed E-state index contributed by atoms with van der Waals surface area (Å²) in [5, 5.41) is 0.751. The van der Waals surface area contributed by atoms with Gasteiger partial charge in [0.1, 0.15) is 0 Å². The Kier molecular flexibility index (Phi) is 3.12. The maximum Gasteiger partial charge on any atom is 0.251 e. The molecule has 98 valence electrons. The highest BCUT2D eigenvalue weighted by molar-refractivity contribution is 6.31. The predicted molar refractivity (Wildman–Crippen MR) is 71.3 cm³/mol. The Morgan fingerprint density at radius 2 is 1.83 bits per heavy atom. The van der Waals surface area contributed by atoms with Gasteiger partial charge in [-0.05, 0) is 43.9 Å². The maximum absolute atomic E-state index is 6.26. The number of hydrogen-bond donors (Lipinski definition) is 1. The molecule has 1 fully saturated rings. The smallest absolute Gasteiger partial charge is 0.251 e. The zero-order valence-corrected chi connectivity index (χ0v) is 11.1. The molecular formula is C14H18ClNO2. The number of aryl methyl sites for hydroxylation is 1. The second-order valence-electron chi connectivity index (χ2n) is 5.10. The van der Waals surface area contributed by atoms with Crippen molar-refractivity contribution in [1.29, 1.82) is 0 Å². The summed E-state index contributed by atoms with van der Waals surface area (Å²) >= 11 is 6.26. The van der Waals surface area contributed by atoms with Gasteiger partial charge in [0.15, 0.2) is 11.5 Å². The fourth-order valence-electron chi connectivity index (χ4n) is 2.76. The fourth-order valence-corrected chi connectivity index (χ4v) is 3.01. The van der Waals surface area contributed by atoms with Crippen LogP contribution in [0.3, 0.4) is 0 Å². The topological polar surface area (TPSA) is 44.5 Å². The van der Waals surface area contributed by atoms with E-state index in [4.69, 9.17) is 26.8 Å². The van der Waals surface area contributed by atoms with E-state index in [1.807, 2.05) is 12.1 Å². The third-order valence-corrected chi connectivity index (χ3v) is 4.07. The molecular weight excluding hydrogens is 250 g/mol. The SMILES string of the molecule is NCCCc1cc2c(cc1Cl)OC1(CCCC1)O2. The van der Waals surface area contributed by atoms with Gasteiger partial charge in [-0.15, -0.1) is 0 Å². The van der Waals surface area contributed by atoms with Crippen molar-refractivity contribution < 1.29 is 9.47 Å². The van der Waals surface area contributed by atoms with Gasteiger partial charge in [-0.2, -0.15) is 0 Å². The molecule has 1 spiro atoms. The van der Waals surface area contributed by atoms with Crippen molar-refractivity contribution in [3.63, 3.8) is 0 Å². The molecule has 0 bridgehead atoms. The first kappa shape index (κ1) is 12.1. The lowest BCUT2D eigenvalue weighted by molar-refractivity contribution is -0.0716. The third kappa shape index (κ3) is 2.06. The van der Waals surface area contributed by atoms with Crippen LogP contribution in [0.4, 0.5) is 0 Å². The zero-order chi connectivity index (χ0) is 12.6. The minimum atomic E-state index is -0.405. The van der Waals surface area contributed by atoms with Crippen LogP contribution in [0.15, 0.2) is 12.1 Å². The van der Waals surface area contributed by atoms with Gasteiger partial charge in [0.2, 0.25) is 0 Å². The quantitative estimate of drug-likeness (QED) is 0.914. The normalized spacial score (nSPS) is 19.7. The van der Waals surface area contributed by atoms with Gasteiger partial charge >= 0.3 is 0 Å². The first-order valence-electron chi connectivity index (χ1n) is 6.63. The Morgan fingerprint density at radius 1 is 1.17 bits per heavy atom. The van der Waals surface area contributed by atoms with Crippen LogP contribution in [0.25, 0.3) is 0 Å². The first-order valence-corrected chi connectivity index (χ1v) is 7.01. The Morgan fingerprint density at radius 3 is 2.50 bits per heavy atom. The fraction of sp³-hybridized carbons (Fsp3) is 0.571. The summed E-state index contributed by atoms with van der Waals surface area (Å²) in [7, 11) is 0. The van der Waals surface area contributed by atoms with Gasteiger partial charge in [0, 0.05) is 23.9 Å². The summed E-state index contributed by atoms with van der Waals surface area (Å²) < 4.78 is 12.0. The third-order valence-electron chi connectivity index (χ3n) is 3.72. The van der Waals surface area contributed by atoms with Crippen LogP contribution < -0.4 is 15.2 Å². The van der Waals surface area contributed by atoms with Crippen LogP contribution in [0.2, 0.25) is 5.02 Å². The molecule has 3 rings (SSSR count). The van der Waals surface area contributed by atoms with E-state index in [0.717, 1.165) is 47.8 Å². The highest BCUT2D eigenvalue weighted by Crippen LogP contribution is 2.48. The molecule has 1 heterocycles. The lowest BCUT2D eigenvalue weighted by atomic mass is 10.1. The van der Waals surface area contributed by atoms with Gasteiger partial charge < -0.3 is 15.2 Å². The Bertz CT molecular complexity index is 455. The first-order chi connectivity index (χ1) is 8.72. The molecule has 2 aliphatic rings. The molecule has 1 aliphatic heterocycles. The van der Waals surface area contributed by atoms with Crippen LogP contribution in [0, 0.1) is 0 Å². The van der Waals surface area contributed by atoms with Crippen molar-refractivity contribution in [1.82, 2.24) is 0 Å². The number of rotatable bonds is 3. The van der Waals surface area contributed by atoms with Crippen molar-refractivity contribution in [3.05, 3.63) is 22.7 Å². The molecule has 0 saturated heterocycles. The molecule has 3 nitrogen and oxygen atoms in total. The Labute approximate surface area is 112 Å². The molecule has 2 N–H and O–H groups in total. The molecule has 4 heteroatoms. The molecule has 0 atom stereocenters. The van der Waals surface area contributed by atoms with Crippen molar-refractivity contribution in [3.8, 4) is 11.5 Å². The summed E-state index contributed by atoms with van der Waals surface area (Å²) in [6, 6.07) is 3.90. The molecule has 0 unspecified atom stereocenters. The summed E-state index contributed by atoms with van der Waals surface area (Å²) in [5.74, 6) is 1.23. The monoisotopic (exact) mass is 267 g/mol. The number of benzene rings is 1. The van der Waals surface area contributed by atoms with E-state index >= 15 is 0 Å². The predicted octanol–water partition coefficient (Wildman–Crippen LogP) is 3.27. The van der Waals surface area contributed by atoms with Gasteiger partial charge in [0.25, 0.3) is 5.79 Å². The molecule has 0 radical (unpaired) electrons. The number of halogens is 1. The minimum Gasteiger partial charge on any atom is -0.448 e. The van der Waals surface area contributed by atoms with Crippen LogP contribution in [0.5, 0.6) is 11.5 Å². The average Bonchev–Trinajstić information content (AvgIpc) is 2.93. The number of ether oxygens (including phenoxy) is 2. The molecule has 1 aromatic rings. The van der Waals surface area contributed by atoms with Gasteiger partial charge in [-0.1, -0.05) is 11.6 Å². The average molecular weight is 268 g/mol. The highest BCUT2D eigenvalue weighted by Gasteiger charge is 2.44. The molecule has 0 aromatic heterocycles. The van der Waals surface area contributed by atoms with Crippen LogP contribution in [0.1, 0.15) is 37.7 Å². The Balaban J connectivity index is 1.85. The highest BCUT2D eigenvalue weighted by atomic mass is 35.5. The molecule has 1 saturated carbocycles. The van der Waals surface area contributed by atoms with Crippen molar-refractivity contribution in [2.24, 2.45) is 5.73 Å². The number of nitrogens with two attached hydrogens (primary N) is 1. The number of hydrogen-bond acceptors (Lipinski definition) is 3. The summed E-state index contributed by atoms with van der Waals surface area (Å²) in [6.45, 7) is 0.675. The summed E-state index contributed by atoms with van der Waals surface area (Å²) in [6.07, 6.45) is 6.10. The Hall–Kier alpha value is -0.930. The molecule has 1 aromatic carbocycles. The molecule has 0 amide bonds. The van der Waals surface area contributed by atoms with Gasteiger partial charge in [0.05, 0.1) is 0 Å².